The van der Waals surface area contributed by atoms with Crippen LogP contribution in [0, 0.1) is 0 Å². The van der Waals surface area contributed by atoms with E-state index in [-0.39, 0.29) is 0 Å². The van der Waals surface area contributed by atoms with Crippen LogP contribution in [0.15, 0.2) is 18.2 Å². The molecule has 0 unspecified atom stereocenters. The molecule has 4 heteroatoms. The minimum atomic E-state index is 0.493. The van der Waals surface area contributed by atoms with Crippen LogP contribution in [0.25, 0.3) is 0 Å². The van der Waals surface area contributed by atoms with Crippen molar-refractivity contribution in [1.29, 1.82) is 0 Å². The van der Waals surface area contributed by atoms with Crippen LogP contribution in [0.2, 0.25) is 0 Å². The van der Waals surface area contributed by atoms with Crippen LogP contribution in [0.3, 0.4) is 0 Å². The molecule has 0 spiro atoms. The fourth-order valence-corrected chi connectivity index (χ4v) is 1.88. The molecule has 0 aliphatic rings. The fraction of sp³-hybridized carbons (Fsp3) is 0.615. The van der Waals surface area contributed by atoms with Crippen LogP contribution in [0.5, 0.6) is 5.88 Å². The third-order valence-electron chi connectivity index (χ3n) is 2.67. The zero-order chi connectivity index (χ0) is 12.8. The molecule has 0 aliphatic carbocycles. The molecule has 0 amide bonds. The van der Waals surface area contributed by atoms with Gasteiger partial charge in [0.2, 0.25) is 5.88 Å². The Hall–Kier alpha value is -1.29. The summed E-state index contributed by atoms with van der Waals surface area (Å²) >= 11 is 0. The van der Waals surface area contributed by atoms with E-state index in [0.717, 1.165) is 6.54 Å². The first-order valence-electron chi connectivity index (χ1n) is 6.11. The van der Waals surface area contributed by atoms with Gasteiger partial charge < -0.3 is 10.5 Å². The summed E-state index contributed by atoms with van der Waals surface area (Å²) in [5.74, 6) is 1.09. The largest absolute Gasteiger partial charge is 0.476 e. The van der Waals surface area contributed by atoms with E-state index in [4.69, 9.17) is 10.5 Å². The van der Waals surface area contributed by atoms with Crippen molar-refractivity contribution in [3.05, 3.63) is 18.2 Å². The van der Waals surface area contributed by atoms with Gasteiger partial charge in [0, 0.05) is 24.7 Å². The van der Waals surface area contributed by atoms with E-state index in [2.05, 4.69) is 37.6 Å². The van der Waals surface area contributed by atoms with Crippen molar-refractivity contribution in [2.24, 2.45) is 0 Å². The zero-order valence-corrected chi connectivity index (χ0v) is 11.2. The number of rotatable bonds is 6. The van der Waals surface area contributed by atoms with E-state index < -0.39 is 0 Å². The number of ether oxygens (including phenoxy) is 1. The smallest absolute Gasteiger partial charge is 0.215 e. The van der Waals surface area contributed by atoms with Crippen molar-refractivity contribution in [1.82, 2.24) is 9.88 Å². The van der Waals surface area contributed by atoms with Crippen LogP contribution < -0.4 is 10.5 Å². The van der Waals surface area contributed by atoms with E-state index in [1.807, 2.05) is 12.1 Å². The van der Waals surface area contributed by atoms with E-state index in [1.165, 1.54) is 0 Å². The normalized spacial score (nSPS) is 11.5. The number of aromatic nitrogens is 1. The Morgan fingerprint density at radius 2 is 1.88 bits per heavy atom. The third kappa shape index (κ3) is 4.61. The molecule has 2 N–H and O–H groups in total. The van der Waals surface area contributed by atoms with Gasteiger partial charge in [-0.3, -0.25) is 4.90 Å². The molecule has 96 valence electrons. The molecule has 4 nitrogen and oxygen atoms in total. The Labute approximate surface area is 104 Å². The van der Waals surface area contributed by atoms with E-state index in [9.17, 15) is 0 Å². The predicted octanol–water partition coefficient (Wildman–Crippen LogP) is 2.16. The van der Waals surface area contributed by atoms with Crippen LogP contribution in [-0.4, -0.2) is 35.1 Å². The van der Waals surface area contributed by atoms with E-state index in [0.29, 0.717) is 30.4 Å². The quantitative estimate of drug-likeness (QED) is 0.823. The number of nitrogen functional groups attached to an aromatic ring is 1. The molecule has 0 aliphatic heterocycles. The predicted molar refractivity (Wildman–Crippen MR) is 71.1 cm³/mol. The standard InChI is InChI=1S/C13H23N3O/c1-10(2)16(11(3)4)8-9-17-13-7-5-6-12(14)15-13/h5-7,10-11H,8-9H2,1-4H3,(H2,14,15). The zero-order valence-electron chi connectivity index (χ0n) is 11.2. The molecule has 1 rings (SSSR count). The number of hydrogen-bond donors (Lipinski definition) is 1. The maximum atomic E-state index is 5.59. The first kappa shape index (κ1) is 13.8. The minimum Gasteiger partial charge on any atom is -0.476 e. The van der Waals surface area contributed by atoms with Crippen molar-refractivity contribution in [3.63, 3.8) is 0 Å². The molecule has 0 bridgehead atoms. The Morgan fingerprint density at radius 3 is 2.41 bits per heavy atom. The highest BCUT2D eigenvalue weighted by Crippen LogP contribution is 2.09. The second-order valence-corrected chi connectivity index (χ2v) is 4.67. The summed E-state index contributed by atoms with van der Waals surface area (Å²) < 4.78 is 5.58. The summed E-state index contributed by atoms with van der Waals surface area (Å²) in [5, 5.41) is 0. The maximum absolute atomic E-state index is 5.59. The Kier molecular flexibility index (Phi) is 5.22. The average Bonchev–Trinajstić information content (AvgIpc) is 2.23. The lowest BCUT2D eigenvalue weighted by Gasteiger charge is -2.30. The lowest BCUT2D eigenvalue weighted by atomic mass is 10.2. The molecule has 17 heavy (non-hydrogen) atoms. The van der Waals surface area contributed by atoms with Gasteiger partial charge in [0.05, 0.1) is 0 Å². The molecule has 0 aromatic carbocycles. The molecule has 1 aromatic heterocycles. The highest BCUT2D eigenvalue weighted by molar-refractivity contribution is 5.30. The summed E-state index contributed by atoms with van der Waals surface area (Å²) in [6.07, 6.45) is 0. The van der Waals surface area contributed by atoms with Gasteiger partial charge in [-0.15, -0.1) is 0 Å². The lowest BCUT2D eigenvalue weighted by Crippen LogP contribution is -2.39. The Balaban J connectivity index is 2.41. The molecule has 0 radical (unpaired) electrons. The molecular formula is C13H23N3O. The topological polar surface area (TPSA) is 51.4 Å². The molecule has 0 fully saturated rings. The van der Waals surface area contributed by atoms with Crippen molar-refractivity contribution < 1.29 is 4.74 Å². The van der Waals surface area contributed by atoms with Crippen molar-refractivity contribution in [3.8, 4) is 5.88 Å². The monoisotopic (exact) mass is 237 g/mol. The van der Waals surface area contributed by atoms with Gasteiger partial charge in [0.15, 0.2) is 0 Å². The number of pyridine rings is 1. The summed E-state index contributed by atoms with van der Waals surface area (Å²) in [6.45, 7) is 10.3. The van der Waals surface area contributed by atoms with Gasteiger partial charge >= 0.3 is 0 Å². The number of anilines is 1. The molecule has 1 aromatic rings. The second-order valence-electron chi connectivity index (χ2n) is 4.67. The SMILES string of the molecule is CC(C)N(CCOc1cccc(N)n1)C(C)C. The van der Waals surface area contributed by atoms with Gasteiger partial charge in [0.25, 0.3) is 0 Å². The van der Waals surface area contributed by atoms with Gasteiger partial charge in [-0.25, -0.2) is 0 Å². The van der Waals surface area contributed by atoms with Crippen molar-refractivity contribution >= 4 is 5.82 Å². The minimum absolute atomic E-state index is 0.493. The summed E-state index contributed by atoms with van der Waals surface area (Å²) in [4.78, 5) is 6.48. The molecular weight excluding hydrogens is 214 g/mol. The highest BCUT2D eigenvalue weighted by atomic mass is 16.5. The Morgan fingerprint density at radius 1 is 1.24 bits per heavy atom. The van der Waals surface area contributed by atoms with Crippen LogP contribution in [0.1, 0.15) is 27.7 Å². The molecule has 0 atom stereocenters. The van der Waals surface area contributed by atoms with Crippen LogP contribution >= 0.6 is 0 Å². The van der Waals surface area contributed by atoms with Crippen LogP contribution in [0.4, 0.5) is 5.82 Å². The van der Waals surface area contributed by atoms with Gasteiger partial charge in [0.1, 0.15) is 12.4 Å². The fourth-order valence-electron chi connectivity index (χ4n) is 1.88. The maximum Gasteiger partial charge on any atom is 0.215 e. The van der Waals surface area contributed by atoms with Gasteiger partial charge in [-0.1, -0.05) is 6.07 Å². The average molecular weight is 237 g/mol. The molecule has 0 saturated heterocycles. The first-order valence-corrected chi connectivity index (χ1v) is 6.11. The highest BCUT2D eigenvalue weighted by Gasteiger charge is 2.12. The van der Waals surface area contributed by atoms with E-state index >= 15 is 0 Å². The Bertz CT molecular complexity index is 331. The lowest BCUT2D eigenvalue weighted by molar-refractivity contribution is 0.140. The van der Waals surface area contributed by atoms with Crippen molar-refractivity contribution in [2.45, 2.75) is 39.8 Å². The number of nitrogens with two attached hydrogens (primary N) is 1. The second kappa shape index (κ2) is 6.45. The van der Waals surface area contributed by atoms with Crippen molar-refractivity contribution in [2.75, 3.05) is 18.9 Å². The van der Waals surface area contributed by atoms with Crippen LogP contribution in [-0.2, 0) is 0 Å². The first-order chi connectivity index (χ1) is 8.00. The summed E-state index contributed by atoms with van der Waals surface area (Å²) in [5.41, 5.74) is 5.59. The summed E-state index contributed by atoms with van der Waals surface area (Å²) in [7, 11) is 0. The van der Waals surface area contributed by atoms with Gasteiger partial charge in [-0.05, 0) is 33.8 Å². The van der Waals surface area contributed by atoms with E-state index in [1.54, 1.807) is 6.07 Å². The number of hydrogen-bond acceptors (Lipinski definition) is 4. The molecule has 1 heterocycles. The summed E-state index contributed by atoms with van der Waals surface area (Å²) in [6, 6.07) is 6.47. The molecule has 0 saturated carbocycles. The number of nitrogens with zero attached hydrogens (tertiary/aromatic N) is 2. The third-order valence-corrected chi connectivity index (χ3v) is 2.67. The van der Waals surface area contributed by atoms with Gasteiger partial charge in [-0.2, -0.15) is 4.98 Å².